The van der Waals surface area contributed by atoms with Crippen molar-refractivity contribution in [2.75, 3.05) is 28.0 Å². The van der Waals surface area contributed by atoms with Gasteiger partial charge < -0.3 is 19.1 Å². The minimum atomic E-state index is 0.163. The monoisotopic (exact) mass is 392 g/mol. The fourth-order valence-electron chi connectivity index (χ4n) is 3.12. The van der Waals surface area contributed by atoms with Crippen LogP contribution in [0, 0.1) is 0 Å². The largest absolute Gasteiger partial charge is 0.493 e. The maximum atomic E-state index is 5.52. The Labute approximate surface area is 167 Å². The standard InChI is InChI=1S/C20H20N6O3/c1-21-23-20(25(2)3)14-7-5-13(6-8-14)16-11-22-24-26(16)15-9-17(27-4)19-18(10-15)28-12-29-19/h5-11H,1,12H2,2-4H3/b23-20-. The molecule has 0 aliphatic carbocycles. The van der Waals surface area contributed by atoms with Crippen LogP contribution in [0.4, 0.5) is 0 Å². The number of rotatable bonds is 5. The molecule has 0 amide bonds. The Bertz CT molecular complexity index is 1070. The van der Waals surface area contributed by atoms with Crippen molar-refractivity contribution in [3.8, 4) is 34.2 Å². The molecule has 2 heterocycles. The van der Waals surface area contributed by atoms with Crippen molar-refractivity contribution in [1.82, 2.24) is 19.9 Å². The molecule has 3 aromatic rings. The van der Waals surface area contributed by atoms with Crippen LogP contribution in [0.15, 0.2) is 52.8 Å². The van der Waals surface area contributed by atoms with Gasteiger partial charge in [0.05, 0.1) is 24.7 Å². The zero-order valence-corrected chi connectivity index (χ0v) is 16.4. The van der Waals surface area contributed by atoms with E-state index in [2.05, 4.69) is 27.2 Å². The van der Waals surface area contributed by atoms with E-state index in [-0.39, 0.29) is 6.79 Å². The topological polar surface area (TPSA) is 86.4 Å². The zero-order valence-electron chi connectivity index (χ0n) is 16.4. The Morgan fingerprint density at radius 3 is 2.69 bits per heavy atom. The predicted octanol–water partition coefficient (Wildman–Crippen LogP) is 2.60. The lowest BCUT2D eigenvalue weighted by Gasteiger charge is -2.15. The number of benzene rings is 2. The van der Waals surface area contributed by atoms with Crippen LogP contribution >= 0.6 is 0 Å². The summed E-state index contributed by atoms with van der Waals surface area (Å²) in [5.74, 6) is 2.50. The molecule has 9 nitrogen and oxygen atoms in total. The summed E-state index contributed by atoms with van der Waals surface area (Å²) in [5, 5.41) is 16.1. The van der Waals surface area contributed by atoms with Crippen molar-refractivity contribution in [2.45, 2.75) is 0 Å². The summed E-state index contributed by atoms with van der Waals surface area (Å²) in [6.45, 7) is 3.60. The van der Waals surface area contributed by atoms with Gasteiger partial charge in [0.2, 0.25) is 12.5 Å². The van der Waals surface area contributed by atoms with Gasteiger partial charge in [0.15, 0.2) is 17.3 Å². The molecule has 0 fully saturated rings. The molecule has 0 unspecified atom stereocenters. The maximum Gasteiger partial charge on any atom is 0.231 e. The molecule has 0 N–H and O–H groups in total. The summed E-state index contributed by atoms with van der Waals surface area (Å²) in [6.07, 6.45) is 1.71. The molecule has 1 aliphatic rings. The smallest absolute Gasteiger partial charge is 0.231 e. The van der Waals surface area contributed by atoms with Crippen LogP contribution in [0.3, 0.4) is 0 Å². The van der Waals surface area contributed by atoms with Gasteiger partial charge in [-0.2, -0.15) is 5.10 Å². The van der Waals surface area contributed by atoms with Crippen LogP contribution in [0.2, 0.25) is 0 Å². The van der Waals surface area contributed by atoms with Crippen LogP contribution in [0.5, 0.6) is 17.2 Å². The molecule has 1 aliphatic heterocycles. The van der Waals surface area contributed by atoms with E-state index in [1.807, 2.05) is 55.4 Å². The first-order valence-electron chi connectivity index (χ1n) is 8.83. The minimum absolute atomic E-state index is 0.163. The molecular weight excluding hydrogens is 372 g/mol. The van der Waals surface area contributed by atoms with Gasteiger partial charge in [-0.3, -0.25) is 0 Å². The zero-order chi connectivity index (χ0) is 20.4. The number of hydrogen-bond donors (Lipinski definition) is 0. The highest BCUT2D eigenvalue weighted by Gasteiger charge is 2.22. The quantitative estimate of drug-likeness (QED) is 0.377. The average molecular weight is 392 g/mol. The molecule has 0 radical (unpaired) electrons. The normalized spacial score (nSPS) is 12.7. The second-order valence-electron chi connectivity index (χ2n) is 6.45. The highest BCUT2D eigenvalue weighted by Crippen LogP contribution is 2.43. The van der Waals surface area contributed by atoms with Gasteiger partial charge in [-0.25, -0.2) is 4.68 Å². The number of fused-ring (bicyclic) bond motifs is 1. The van der Waals surface area contributed by atoms with Crippen LogP contribution in [-0.2, 0) is 0 Å². The van der Waals surface area contributed by atoms with Crippen LogP contribution in [-0.4, -0.2) is 60.4 Å². The summed E-state index contributed by atoms with van der Waals surface area (Å²) in [4.78, 5) is 1.88. The minimum Gasteiger partial charge on any atom is -0.493 e. The highest BCUT2D eigenvalue weighted by atomic mass is 16.7. The fraction of sp³-hybridized carbons (Fsp3) is 0.200. The van der Waals surface area contributed by atoms with Crippen molar-refractivity contribution in [1.29, 1.82) is 0 Å². The molecule has 0 bridgehead atoms. The van der Waals surface area contributed by atoms with E-state index in [0.29, 0.717) is 17.2 Å². The Kier molecular flexibility index (Phi) is 4.86. The number of amidine groups is 1. The summed E-state index contributed by atoms with van der Waals surface area (Å²) in [6, 6.07) is 11.6. The predicted molar refractivity (Wildman–Crippen MR) is 109 cm³/mol. The van der Waals surface area contributed by atoms with E-state index < -0.39 is 0 Å². The Morgan fingerprint density at radius 2 is 2.00 bits per heavy atom. The third kappa shape index (κ3) is 3.38. The van der Waals surface area contributed by atoms with Crippen molar-refractivity contribution < 1.29 is 14.2 Å². The van der Waals surface area contributed by atoms with Gasteiger partial charge in [-0.1, -0.05) is 29.5 Å². The summed E-state index contributed by atoms with van der Waals surface area (Å²) in [5.41, 5.74) is 3.45. The molecule has 0 spiro atoms. The van der Waals surface area contributed by atoms with E-state index in [9.17, 15) is 0 Å². The number of nitrogens with zero attached hydrogens (tertiary/aromatic N) is 6. The second-order valence-corrected chi connectivity index (χ2v) is 6.45. The van der Waals surface area contributed by atoms with E-state index in [4.69, 9.17) is 14.2 Å². The Hall–Kier alpha value is -3.88. The molecule has 9 heteroatoms. The molecule has 1 aromatic heterocycles. The van der Waals surface area contributed by atoms with Crippen molar-refractivity contribution >= 4 is 12.6 Å². The number of ether oxygens (including phenoxy) is 3. The number of hydrogen-bond acceptors (Lipinski definition) is 7. The van der Waals surface area contributed by atoms with Crippen LogP contribution in [0.1, 0.15) is 5.56 Å². The molecule has 148 valence electrons. The summed E-state index contributed by atoms with van der Waals surface area (Å²) >= 11 is 0. The maximum absolute atomic E-state index is 5.52. The molecule has 2 aromatic carbocycles. The van der Waals surface area contributed by atoms with E-state index >= 15 is 0 Å². The molecule has 0 saturated heterocycles. The van der Waals surface area contributed by atoms with Crippen LogP contribution < -0.4 is 14.2 Å². The highest BCUT2D eigenvalue weighted by molar-refractivity contribution is 5.98. The number of aromatic nitrogens is 3. The molecular formula is C20H20N6O3. The Morgan fingerprint density at radius 1 is 1.21 bits per heavy atom. The lowest BCUT2D eigenvalue weighted by atomic mass is 10.1. The molecule has 0 saturated carbocycles. The van der Waals surface area contributed by atoms with E-state index in [0.717, 1.165) is 28.3 Å². The van der Waals surface area contributed by atoms with Gasteiger partial charge in [0.1, 0.15) is 0 Å². The van der Waals surface area contributed by atoms with Gasteiger partial charge in [0, 0.05) is 44.1 Å². The van der Waals surface area contributed by atoms with E-state index in [1.165, 1.54) is 0 Å². The van der Waals surface area contributed by atoms with Gasteiger partial charge in [-0.05, 0) is 0 Å². The van der Waals surface area contributed by atoms with E-state index in [1.54, 1.807) is 18.0 Å². The summed E-state index contributed by atoms with van der Waals surface area (Å²) in [7, 11) is 5.40. The average Bonchev–Trinajstić information content (AvgIpc) is 3.40. The summed E-state index contributed by atoms with van der Waals surface area (Å²) < 4.78 is 18.1. The number of methoxy groups -OCH3 is 1. The van der Waals surface area contributed by atoms with Crippen molar-refractivity contribution in [3.63, 3.8) is 0 Å². The third-order valence-corrected chi connectivity index (χ3v) is 4.46. The Balaban J connectivity index is 1.72. The first kappa shape index (κ1) is 18.5. The van der Waals surface area contributed by atoms with Gasteiger partial charge in [-0.15, -0.1) is 10.2 Å². The lowest BCUT2D eigenvalue weighted by Crippen LogP contribution is -2.22. The fourth-order valence-corrected chi connectivity index (χ4v) is 3.12. The second kappa shape index (κ2) is 7.63. The third-order valence-electron chi connectivity index (χ3n) is 4.46. The van der Waals surface area contributed by atoms with Gasteiger partial charge >= 0.3 is 0 Å². The van der Waals surface area contributed by atoms with Crippen LogP contribution in [0.25, 0.3) is 16.9 Å². The molecule has 29 heavy (non-hydrogen) atoms. The SMILES string of the molecule is C=N/N=C(/c1ccc(-c2cnnn2-c2cc(OC)c3c(c2)OCO3)cc1)N(C)C. The first-order chi connectivity index (χ1) is 14.1. The van der Waals surface area contributed by atoms with Crippen molar-refractivity contribution in [2.24, 2.45) is 10.2 Å². The van der Waals surface area contributed by atoms with Gasteiger partial charge in [0.25, 0.3) is 0 Å². The lowest BCUT2D eigenvalue weighted by molar-refractivity contribution is 0.171. The first-order valence-corrected chi connectivity index (χ1v) is 8.83. The van der Waals surface area contributed by atoms with Crippen molar-refractivity contribution in [3.05, 3.63) is 48.2 Å². The molecule has 4 rings (SSSR count). The molecule has 0 atom stereocenters.